The van der Waals surface area contributed by atoms with Gasteiger partial charge in [-0.15, -0.1) is 0 Å². The third kappa shape index (κ3) is 3.61. The summed E-state index contributed by atoms with van der Waals surface area (Å²) < 4.78 is 6.03. The molecule has 0 saturated carbocycles. The summed E-state index contributed by atoms with van der Waals surface area (Å²) in [5.41, 5.74) is 1.27. The summed E-state index contributed by atoms with van der Waals surface area (Å²) in [4.78, 5) is 2.59. The van der Waals surface area contributed by atoms with Crippen molar-refractivity contribution in [2.75, 3.05) is 36.1 Å². The van der Waals surface area contributed by atoms with Crippen LogP contribution in [0.25, 0.3) is 0 Å². The molecular formula is C15H21NOS2. The summed E-state index contributed by atoms with van der Waals surface area (Å²) in [6.07, 6.45) is 0.389. The van der Waals surface area contributed by atoms with Gasteiger partial charge in [0.1, 0.15) is 11.9 Å². The van der Waals surface area contributed by atoms with Crippen LogP contribution in [0.1, 0.15) is 5.56 Å². The molecule has 0 aromatic heterocycles. The van der Waals surface area contributed by atoms with Crippen molar-refractivity contribution < 1.29 is 4.74 Å². The molecule has 1 aromatic rings. The highest BCUT2D eigenvalue weighted by atomic mass is 32.2. The quantitative estimate of drug-likeness (QED) is 0.849. The summed E-state index contributed by atoms with van der Waals surface area (Å²) in [6.45, 7) is 4.30. The van der Waals surface area contributed by atoms with Crippen LogP contribution in [0.5, 0.6) is 5.75 Å². The number of rotatable bonds is 3. The Hall–Kier alpha value is -0.320. The second kappa shape index (κ2) is 6.42. The van der Waals surface area contributed by atoms with E-state index in [1.807, 2.05) is 0 Å². The lowest BCUT2D eigenvalue weighted by atomic mass is 10.1. The molecule has 3 rings (SSSR count). The van der Waals surface area contributed by atoms with Crippen LogP contribution in [0, 0.1) is 6.92 Å². The molecule has 1 aromatic carbocycles. The van der Waals surface area contributed by atoms with E-state index in [1.165, 1.54) is 28.6 Å². The topological polar surface area (TPSA) is 12.5 Å². The van der Waals surface area contributed by atoms with E-state index >= 15 is 0 Å². The van der Waals surface area contributed by atoms with Crippen LogP contribution in [-0.2, 0) is 0 Å². The first-order valence-corrected chi connectivity index (χ1v) is 9.25. The highest BCUT2D eigenvalue weighted by Crippen LogP contribution is 2.26. The van der Waals surface area contributed by atoms with E-state index in [4.69, 9.17) is 4.74 Å². The minimum Gasteiger partial charge on any atom is -0.488 e. The Kier molecular flexibility index (Phi) is 4.61. The van der Waals surface area contributed by atoms with Crippen LogP contribution in [0.3, 0.4) is 0 Å². The average Bonchev–Trinajstić information content (AvgIpc) is 2.62. The van der Waals surface area contributed by atoms with Crippen LogP contribution in [0.2, 0.25) is 0 Å². The largest absolute Gasteiger partial charge is 0.488 e. The number of aryl methyl sites for hydroxylation is 1. The maximum absolute atomic E-state index is 6.03. The minimum atomic E-state index is 0.389. The van der Waals surface area contributed by atoms with Gasteiger partial charge in [-0.1, -0.05) is 12.1 Å². The van der Waals surface area contributed by atoms with Crippen molar-refractivity contribution in [2.45, 2.75) is 19.1 Å². The predicted molar refractivity (Wildman–Crippen MR) is 85.6 cm³/mol. The summed E-state index contributed by atoms with van der Waals surface area (Å²) in [5.74, 6) is 6.25. The van der Waals surface area contributed by atoms with Crippen molar-refractivity contribution in [1.82, 2.24) is 4.90 Å². The number of ether oxygens (including phenoxy) is 1. The van der Waals surface area contributed by atoms with E-state index in [0.717, 1.165) is 24.9 Å². The van der Waals surface area contributed by atoms with Crippen LogP contribution < -0.4 is 4.74 Å². The van der Waals surface area contributed by atoms with Crippen molar-refractivity contribution in [3.8, 4) is 5.75 Å². The number of nitrogens with zero attached hydrogens (tertiary/aromatic N) is 1. The summed E-state index contributed by atoms with van der Waals surface area (Å²) in [7, 11) is 0. The van der Waals surface area contributed by atoms with Crippen molar-refractivity contribution in [2.24, 2.45) is 0 Å². The molecule has 0 aliphatic carbocycles. The van der Waals surface area contributed by atoms with Gasteiger partial charge in [0, 0.05) is 42.1 Å². The number of hydrogen-bond acceptors (Lipinski definition) is 4. The Morgan fingerprint density at radius 1 is 1.16 bits per heavy atom. The Morgan fingerprint density at radius 2 is 1.89 bits per heavy atom. The first kappa shape index (κ1) is 13.7. The molecule has 104 valence electrons. The third-order valence-corrected chi connectivity index (χ3v) is 6.16. The molecule has 2 saturated heterocycles. The van der Waals surface area contributed by atoms with Crippen LogP contribution in [0.4, 0.5) is 0 Å². The van der Waals surface area contributed by atoms with Crippen molar-refractivity contribution >= 4 is 23.5 Å². The molecule has 0 unspecified atom stereocenters. The standard InChI is InChI=1S/C15H21NOS2/c1-12-3-2-4-14(7-12)17-15-8-16(9-15)13-10-18-5-6-19-11-13/h2-4,7,13,15H,5-6,8-11H2,1H3. The highest BCUT2D eigenvalue weighted by Gasteiger charge is 2.34. The van der Waals surface area contributed by atoms with E-state index in [0.29, 0.717) is 6.10 Å². The lowest BCUT2D eigenvalue weighted by molar-refractivity contribution is 0.00252. The molecule has 4 heteroatoms. The van der Waals surface area contributed by atoms with E-state index < -0.39 is 0 Å². The lowest BCUT2D eigenvalue weighted by Crippen LogP contribution is -2.59. The van der Waals surface area contributed by atoms with Gasteiger partial charge in [0.05, 0.1) is 0 Å². The molecular weight excluding hydrogens is 274 g/mol. The third-order valence-electron chi connectivity index (χ3n) is 3.68. The van der Waals surface area contributed by atoms with Gasteiger partial charge in [0.2, 0.25) is 0 Å². The Morgan fingerprint density at radius 3 is 2.58 bits per heavy atom. The molecule has 0 spiro atoms. The second-order valence-corrected chi connectivity index (χ2v) is 7.61. The fourth-order valence-corrected chi connectivity index (χ4v) is 5.17. The van der Waals surface area contributed by atoms with Gasteiger partial charge in [0.15, 0.2) is 0 Å². The summed E-state index contributed by atoms with van der Waals surface area (Å²) in [5, 5.41) is 0. The van der Waals surface area contributed by atoms with Gasteiger partial charge in [-0.2, -0.15) is 23.5 Å². The zero-order valence-corrected chi connectivity index (χ0v) is 13.0. The van der Waals surface area contributed by atoms with Crippen molar-refractivity contribution in [3.05, 3.63) is 29.8 Å². The molecule has 0 radical (unpaired) electrons. The Bertz CT molecular complexity index is 412. The van der Waals surface area contributed by atoms with E-state index in [1.54, 1.807) is 0 Å². The molecule has 2 aliphatic rings. The van der Waals surface area contributed by atoms with Crippen molar-refractivity contribution in [1.29, 1.82) is 0 Å². The van der Waals surface area contributed by atoms with Crippen molar-refractivity contribution in [3.63, 3.8) is 0 Å². The maximum atomic E-state index is 6.03. The van der Waals surface area contributed by atoms with Gasteiger partial charge in [-0.05, 0) is 24.6 Å². The fourth-order valence-electron chi connectivity index (χ4n) is 2.54. The van der Waals surface area contributed by atoms with E-state index in [-0.39, 0.29) is 0 Å². The van der Waals surface area contributed by atoms with Gasteiger partial charge in [-0.25, -0.2) is 0 Å². The second-order valence-electron chi connectivity index (χ2n) is 5.31. The molecule has 0 bridgehead atoms. The van der Waals surface area contributed by atoms with Gasteiger partial charge in [-0.3, -0.25) is 4.90 Å². The molecule has 2 nitrogen and oxygen atoms in total. The van der Waals surface area contributed by atoms with Gasteiger partial charge in [0.25, 0.3) is 0 Å². The predicted octanol–water partition coefficient (Wildman–Crippen LogP) is 2.91. The molecule has 0 amide bonds. The highest BCUT2D eigenvalue weighted by molar-refractivity contribution is 8.03. The summed E-state index contributed by atoms with van der Waals surface area (Å²) in [6, 6.07) is 9.13. The smallest absolute Gasteiger partial charge is 0.124 e. The number of thioether (sulfide) groups is 2. The molecule has 19 heavy (non-hydrogen) atoms. The Labute approximate surface area is 124 Å². The lowest BCUT2D eigenvalue weighted by Gasteiger charge is -2.43. The molecule has 2 fully saturated rings. The van der Waals surface area contributed by atoms with Crippen LogP contribution in [-0.4, -0.2) is 53.1 Å². The first-order chi connectivity index (χ1) is 9.31. The number of hydrogen-bond donors (Lipinski definition) is 0. The van der Waals surface area contributed by atoms with Crippen LogP contribution >= 0.6 is 23.5 Å². The molecule has 2 heterocycles. The molecule has 2 aliphatic heterocycles. The summed E-state index contributed by atoms with van der Waals surface area (Å²) >= 11 is 4.21. The zero-order chi connectivity index (χ0) is 13.1. The molecule has 0 N–H and O–H groups in total. The average molecular weight is 295 g/mol. The monoisotopic (exact) mass is 295 g/mol. The normalized spacial score (nSPS) is 22.8. The van der Waals surface area contributed by atoms with Gasteiger partial charge < -0.3 is 4.74 Å². The first-order valence-electron chi connectivity index (χ1n) is 6.94. The minimum absolute atomic E-state index is 0.389. The van der Waals surface area contributed by atoms with E-state index in [9.17, 15) is 0 Å². The number of benzene rings is 1. The molecule has 0 atom stereocenters. The van der Waals surface area contributed by atoms with Crippen LogP contribution in [0.15, 0.2) is 24.3 Å². The van der Waals surface area contributed by atoms with E-state index in [2.05, 4.69) is 59.6 Å². The zero-order valence-electron chi connectivity index (χ0n) is 11.4. The Balaban J connectivity index is 1.47. The van der Waals surface area contributed by atoms with Gasteiger partial charge >= 0.3 is 0 Å². The maximum Gasteiger partial charge on any atom is 0.124 e. The number of likely N-dealkylation sites (tertiary alicyclic amines) is 1. The SMILES string of the molecule is Cc1cccc(OC2CN(C3CSCCSC3)C2)c1. The fraction of sp³-hybridized carbons (Fsp3) is 0.600.